The van der Waals surface area contributed by atoms with Crippen LogP contribution in [0.2, 0.25) is 0 Å². The second kappa shape index (κ2) is 5.18. The van der Waals surface area contributed by atoms with E-state index < -0.39 is 0 Å². The molecular formula is C12H19NO3. The molecule has 1 aromatic carbocycles. The van der Waals surface area contributed by atoms with Crippen molar-refractivity contribution in [2.75, 3.05) is 13.7 Å². The highest BCUT2D eigenvalue weighted by Gasteiger charge is 2.15. The third-order valence-corrected chi connectivity index (χ3v) is 2.52. The largest absolute Gasteiger partial charge is 0.504 e. The van der Waals surface area contributed by atoms with Crippen molar-refractivity contribution < 1.29 is 14.9 Å². The van der Waals surface area contributed by atoms with Crippen LogP contribution in [-0.4, -0.2) is 29.5 Å². The van der Waals surface area contributed by atoms with Gasteiger partial charge in [0.1, 0.15) is 0 Å². The Balaban J connectivity index is 2.53. The number of rotatable bonds is 5. The first-order chi connectivity index (χ1) is 7.46. The number of phenolic OH excluding ortho intramolecular Hbond substituents is 2. The minimum Gasteiger partial charge on any atom is -0.504 e. The SMILES string of the molecule is COC(C)(C)CNCc1cccc(O)c1O. The lowest BCUT2D eigenvalue weighted by molar-refractivity contribution is 0.0230. The Bertz CT molecular complexity index is 350. The molecule has 0 saturated heterocycles. The number of methoxy groups -OCH3 is 1. The zero-order valence-electron chi connectivity index (χ0n) is 9.95. The van der Waals surface area contributed by atoms with Gasteiger partial charge in [0, 0.05) is 25.8 Å². The van der Waals surface area contributed by atoms with E-state index in [1.165, 1.54) is 6.07 Å². The van der Waals surface area contributed by atoms with E-state index in [9.17, 15) is 10.2 Å². The highest BCUT2D eigenvalue weighted by atomic mass is 16.5. The predicted octanol–water partition coefficient (Wildman–Crippen LogP) is 1.61. The Labute approximate surface area is 95.9 Å². The molecule has 0 fully saturated rings. The Morgan fingerprint density at radius 3 is 2.62 bits per heavy atom. The second-order valence-electron chi connectivity index (χ2n) is 4.35. The number of nitrogens with one attached hydrogen (secondary N) is 1. The van der Waals surface area contributed by atoms with E-state index in [4.69, 9.17) is 4.74 Å². The fourth-order valence-corrected chi connectivity index (χ4v) is 1.29. The lowest BCUT2D eigenvalue weighted by atomic mass is 10.1. The van der Waals surface area contributed by atoms with E-state index in [1.807, 2.05) is 13.8 Å². The van der Waals surface area contributed by atoms with Gasteiger partial charge in [-0.25, -0.2) is 0 Å². The van der Waals surface area contributed by atoms with Gasteiger partial charge in [0.05, 0.1) is 5.60 Å². The molecule has 90 valence electrons. The lowest BCUT2D eigenvalue weighted by Gasteiger charge is -2.23. The van der Waals surface area contributed by atoms with Gasteiger partial charge in [-0.15, -0.1) is 0 Å². The summed E-state index contributed by atoms with van der Waals surface area (Å²) in [6, 6.07) is 4.92. The molecule has 4 nitrogen and oxygen atoms in total. The standard InChI is InChI=1S/C12H19NO3/c1-12(2,16-3)8-13-7-9-5-4-6-10(14)11(9)15/h4-6,13-15H,7-8H2,1-3H3. The summed E-state index contributed by atoms with van der Waals surface area (Å²) in [5, 5.41) is 22.0. The Kier molecular flexibility index (Phi) is 4.15. The third-order valence-electron chi connectivity index (χ3n) is 2.52. The third kappa shape index (κ3) is 3.40. The Hall–Kier alpha value is -1.26. The Morgan fingerprint density at radius 1 is 1.31 bits per heavy atom. The van der Waals surface area contributed by atoms with Crippen molar-refractivity contribution in [1.29, 1.82) is 0 Å². The molecule has 0 saturated carbocycles. The molecule has 3 N–H and O–H groups in total. The van der Waals surface area contributed by atoms with Crippen molar-refractivity contribution in [3.63, 3.8) is 0 Å². The van der Waals surface area contributed by atoms with Crippen LogP contribution >= 0.6 is 0 Å². The van der Waals surface area contributed by atoms with E-state index in [0.717, 1.165) is 0 Å². The molecule has 16 heavy (non-hydrogen) atoms. The monoisotopic (exact) mass is 225 g/mol. The molecule has 0 bridgehead atoms. The van der Waals surface area contributed by atoms with Gasteiger partial charge in [0.15, 0.2) is 11.5 Å². The van der Waals surface area contributed by atoms with Crippen molar-refractivity contribution >= 4 is 0 Å². The maximum absolute atomic E-state index is 9.56. The summed E-state index contributed by atoms with van der Waals surface area (Å²) in [4.78, 5) is 0. The average molecular weight is 225 g/mol. The number of aromatic hydroxyl groups is 2. The number of hydrogen-bond donors (Lipinski definition) is 3. The zero-order valence-corrected chi connectivity index (χ0v) is 9.95. The van der Waals surface area contributed by atoms with Gasteiger partial charge >= 0.3 is 0 Å². The molecule has 0 atom stereocenters. The normalized spacial score (nSPS) is 11.7. The van der Waals surface area contributed by atoms with Gasteiger partial charge < -0.3 is 20.3 Å². The van der Waals surface area contributed by atoms with Gasteiger partial charge in [-0.3, -0.25) is 0 Å². The summed E-state index contributed by atoms with van der Waals surface area (Å²) < 4.78 is 5.26. The first-order valence-electron chi connectivity index (χ1n) is 5.22. The summed E-state index contributed by atoms with van der Waals surface area (Å²) in [6.07, 6.45) is 0. The molecule has 1 rings (SSSR count). The first-order valence-corrected chi connectivity index (χ1v) is 5.22. The van der Waals surface area contributed by atoms with Crippen molar-refractivity contribution in [2.45, 2.75) is 26.0 Å². The maximum atomic E-state index is 9.56. The van der Waals surface area contributed by atoms with Crippen LogP contribution in [0.3, 0.4) is 0 Å². The van der Waals surface area contributed by atoms with E-state index in [1.54, 1.807) is 19.2 Å². The fraction of sp³-hybridized carbons (Fsp3) is 0.500. The molecule has 4 heteroatoms. The number of benzene rings is 1. The molecule has 1 aromatic rings. The minimum absolute atomic E-state index is 0.0646. The molecule has 0 aliphatic rings. The van der Waals surface area contributed by atoms with Gasteiger partial charge in [0.2, 0.25) is 0 Å². The van der Waals surface area contributed by atoms with E-state index in [-0.39, 0.29) is 17.1 Å². The summed E-state index contributed by atoms with van der Waals surface area (Å²) in [7, 11) is 1.66. The van der Waals surface area contributed by atoms with Crippen molar-refractivity contribution in [3.8, 4) is 11.5 Å². The van der Waals surface area contributed by atoms with Crippen LogP contribution in [0.1, 0.15) is 19.4 Å². The van der Waals surface area contributed by atoms with Crippen molar-refractivity contribution in [3.05, 3.63) is 23.8 Å². The summed E-state index contributed by atoms with van der Waals surface area (Å²) in [5.74, 6) is -0.157. The van der Waals surface area contributed by atoms with Crippen LogP contribution in [0.25, 0.3) is 0 Å². The molecule has 0 spiro atoms. The Morgan fingerprint density at radius 2 is 2.00 bits per heavy atom. The quantitative estimate of drug-likeness (QED) is 0.666. The lowest BCUT2D eigenvalue weighted by Crippen LogP contribution is -2.36. The molecular weight excluding hydrogens is 206 g/mol. The molecule has 0 radical (unpaired) electrons. The maximum Gasteiger partial charge on any atom is 0.161 e. The number of hydrogen-bond acceptors (Lipinski definition) is 4. The predicted molar refractivity (Wildman–Crippen MR) is 62.6 cm³/mol. The molecule has 0 heterocycles. The van der Waals surface area contributed by atoms with Gasteiger partial charge in [-0.2, -0.15) is 0 Å². The van der Waals surface area contributed by atoms with Crippen molar-refractivity contribution in [2.24, 2.45) is 0 Å². The fourth-order valence-electron chi connectivity index (χ4n) is 1.29. The van der Waals surface area contributed by atoms with E-state index in [0.29, 0.717) is 18.7 Å². The van der Waals surface area contributed by atoms with Crippen LogP contribution in [0.5, 0.6) is 11.5 Å². The molecule has 0 aliphatic carbocycles. The van der Waals surface area contributed by atoms with E-state index in [2.05, 4.69) is 5.32 Å². The second-order valence-corrected chi connectivity index (χ2v) is 4.35. The van der Waals surface area contributed by atoms with Gasteiger partial charge in [-0.1, -0.05) is 12.1 Å². The topological polar surface area (TPSA) is 61.7 Å². The number of ether oxygens (including phenoxy) is 1. The summed E-state index contributed by atoms with van der Waals surface area (Å²) >= 11 is 0. The molecule has 0 unspecified atom stereocenters. The van der Waals surface area contributed by atoms with Crippen molar-refractivity contribution in [1.82, 2.24) is 5.32 Å². The summed E-state index contributed by atoms with van der Waals surface area (Å²) in [5.41, 5.74) is 0.429. The zero-order chi connectivity index (χ0) is 12.2. The van der Waals surface area contributed by atoms with Crippen LogP contribution in [0.15, 0.2) is 18.2 Å². The van der Waals surface area contributed by atoms with Gasteiger partial charge in [-0.05, 0) is 19.9 Å². The first kappa shape index (κ1) is 12.8. The molecule has 0 aliphatic heterocycles. The highest BCUT2D eigenvalue weighted by molar-refractivity contribution is 5.44. The van der Waals surface area contributed by atoms with Crippen LogP contribution in [-0.2, 0) is 11.3 Å². The van der Waals surface area contributed by atoms with Crippen LogP contribution in [0.4, 0.5) is 0 Å². The van der Waals surface area contributed by atoms with Crippen LogP contribution < -0.4 is 5.32 Å². The molecule has 0 amide bonds. The smallest absolute Gasteiger partial charge is 0.161 e. The summed E-state index contributed by atoms with van der Waals surface area (Å²) in [6.45, 7) is 5.11. The average Bonchev–Trinajstić information content (AvgIpc) is 2.24. The highest BCUT2D eigenvalue weighted by Crippen LogP contribution is 2.27. The molecule has 0 aromatic heterocycles. The number of para-hydroxylation sites is 1. The minimum atomic E-state index is -0.244. The van der Waals surface area contributed by atoms with Gasteiger partial charge in [0.25, 0.3) is 0 Å². The number of phenols is 2. The van der Waals surface area contributed by atoms with E-state index >= 15 is 0 Å². The van der Waals surface area contributed by atoms with Crippen LogP contribution in [0, 0.1) is 0 Å².